The number of carbonyl (C=O) groups excluding carboxylic acids is 1. The molecular formula is C18H15BrClN3O2. The molecule has 128 valence electrons. The van der Waals surface area contributed by atoms with Gasteiger partial charge in [-0.1, -0.05) is 38.8 Å². The van der Waals surface area contributed by atoms with Gasteiger partial charge in [0.15, 0.2) is 0 Å². The SMILES string of the molecule is Cc1ccc(Cl)cc1NC(=O)CCc1nc(-c2ccc(Br)cc2)no1. The Hall–Kier alpha value is -2.18. The zero-order valence-electron chi connectivity index (χ0n) is 13.4. The Morgan fingerprint density at radius 1 is 1.24 bits per heavy atom. The minimum atomic E-state index is -0.131. The molecule has 7 heteroatoms. The number of amides is 1. The normalized spacial score (nSPS) is 10.7. The lowest BCUT2D eigenvalue weighted by Crippen LogP contribution is -2.13. The standard InChI is InChI=1S/C18H15BrClN3O2/c1-11-2-7-14(20)10-15(11)21-16(24)8-9-17-22-18(23-25-17)12-3-5-13(19)6-4-12/h2-7,10H,8-9H2,1H3,(H,21,24). The Morgan fingerprint density at radius 2 is 2.00 bits per heavy atom. The van der Waals surface area contributed by atoms with Crippen LogP contribution in [-0.2, 0) is 11.2 Å². The van der Waals surface area contributed by atoms with Crippen molar-refractivity contribution in [2.24, 2.45) is 0 Å². The molecule has 0 saturated heterocycles. The zero-order chi connectivity index (χ0) is 17.8. The van der Waals surface area contributed by atoms with Crippen LogP contribution in [0.25, 0.3) is 11.4 Å². The smallest absolute Gasteiger partial charge is 0.227 e. The molecule has 0 saturated carbocycles. The van der Waals surface area contributed by atoms with Gasteiger partial charge in [0.1, 0.15) is 0 Å². The highest BCUT2D eigenvalue weighted by Gasteiger charge is 2.11. The van der Waals surface area contributed by atoms with E-state index in [1.165, 1.54) is 0 Å². The quantitative estimate of drug-likeness (QED) is 0.628. The molecule has 1 N–H and O–H groups in total. The van der Waals surface area contributed by atoms with E-state index in [0.717, 1.165) is 15.6 Å². The van der Waals surface area contributed by atoms with Crippen LogP contribution >= 0.6 is 27.5 Å². The molecule has 0 bridgehead atoms. The summed E-state index contributed by atoms with van der Waals surface area (Å²) >= 11 is 9.34. The van der Waals surface area contributed by atoms with Crippen LogP contribution in [0.4, 0.5) is 5.69 Å². The first-order chi connectivity index (χ1) is 12.0. The molecule has 2 aromatic carbocycles. The highest BCUT2D eigenvalue weighted by atomic mass is 79.9. The van der Waals surface area contributed by atoms with Gasteiger partial charge in [-0.15, -0.1) is 0 Å². The molecule has 1 amide bonds. The van der Waals surface area contributed by atoms with Gasteiger partial charge in [-0.25, -0.2) is 0 Å². The average molecular weight is 421 g/mol. The Morgan fingerprint density at radius 3 is 2.76 bits per heavy atom. The molecule has 5 nitrogen and oxygen atoms in total. The van der Waals surface area contributed by atoms with Gasteiger partial charge < -0.3 is 9.84 Å². The molecule has 3 rings (SSSR count). The van der Waals surface area contributed by atoms with Crippen LogP contribution in [0.5, 0.6) is 0 Å². The van der Waals surface area contributed by atoms with Crippen LogP contribution in [-0.4, -0.2) is 16.0 Å². The summed E-state index contributed by atoms with van der Waals surface area (Å²) in [6.07, 6.45) is 0.614. The second-order valence-corrected chi connectivity index (χ2v) is 6.88. The third-order valence-corrected chi connectivity index (χ3v) is 4.37. The number of aromatic nitrogens is 2. The van der Waals surface area contributed by atoms with Crippen molar-refractivity contribution in [1.82, 2.24) is 10.1 Å². The average Bonchev–Trinajstić information content (AvgIpc) is 3.06. The van der Waals surface area contributed by atoms with E-state index in [4.69, 9.17) is 16.1 Å². The molecule has 0 aliphatic heterocycles. The first-order valence-corrected chi connectivity index (χ1v) is 8.83. The fourth-order valence-corrected chi connectivity index (χ4v) is 2.67. The van der Waals surface area contributed by atoms with E-state index in [9.17, 15) is 4.79 Å². The van der Waals surface area contributed by atoms with Crippen molar-refractivity contribution < 1.29 is 9.32 Å². The Bertz CT molecular complexity index is 894. The second-order valence-electron chi connectivity index (χ2n) is 5.53. The van der Waals surface area contributed by atoms with Crippen molar-refractivity contribution >= 4 is 39.1 Å². The van der Waals surface area contributed by atoms with Gasteiger partial charge in [0.2, 0.25) is 17.6 Å². The van der Waals surface area contributed by atoms with Gasteiger partial charge in [0.25, 0.3) is 0 Å². The van der Waals surface area contributed by atoms with Gasteiger partial charge in [-0.2, -0.15) is 4.98 Å². The summed E-state index contributed by atoms with van der Waals surface area (Å²) < 4.78 is 6.20. The van der Waals surface area contributed by atoms with E-state index in [-0.39, 0.29) is 12.3 Å². The molecule has 0 radical (unpaired) electrons. The van der Waals surface area contributed by atoms with Crippen molar-refractivity contribution in [3.05, 3.63) is 63.4 Å². The Kier molecular flexibility index (Phi) is 5.50. The summed E-state index contributed by atoms with van der Waals surface area (Å²) in [6.45, 7) is 1.91. The largest absolute Gasteiger partial charge is 0.339 e. The van der Waals surface area contributed by atoms with Gasteiger partial charge in [0.05, 0.1) is 0 Å². The number of anilines is 1. The van der Waals surface area contributed by atoms with Gasteiger partial charge in [-0.3, -0.25) is 4.79 Å². The summed E-state index contributed by atoms with van der Waals surface area (Å²) in [7, 11) is 0. The maximum Gasteiger partial charge on any atom is 0.227 e. The van der Waals surface area contributed by atoms with E-state index in [1.807, 2.05) is 37.3 Å². The molecule has 1 aromatic heterocycles. The number of hydrogen-bond donors (Lipinski definition) is 1. The van der Waals surface area contributed by atoms with Crippen molar-refractivity contribution in [3.8, 4) is 11.4 Å². The molecule has 0 aliphatic carbocycles. The predicted octanol–water partition coefficient (Wildman–Crippen LogP) is 5.03. The van der Waals surface area contributed by atoms with Crippen molar-refractivity contribution in [1.29, 1.82) is 0 Å². The maximum atomic E-state index is 12.1. The van der Waals surface area contributed by atoms with Crippen LogP contribution in [0.3, 0.4) is 0 Å². The number of halogens is 2. The number of aryl methyl sites for hydroxylation is 2. The van der Waals surface area contributed by atoms with E-state index in [2.05, 4.69) is 31.4 Å². The summed E-state index contributed by atoms with van der Waals surface area (Å²) in [4.78, 5) is 16.4. The summed E-state index contributed by atoms with van der Waals surface area (Å²) in [6, 6.07) is 13.0. The van der Waals surface area contributed by atoms with Crippen LogP contribution in [0, 0.1) is 6.92 Å². The molecule has 0 spiro atoms. The third kappa shape index (κ3) is 4.67. The first kappa shape index (κ1) is 17.6. The maximum absolute atomic E-state index is 12.1. The molecule has 0 unspecified atom stereocenters. The Balaban J connectivity index is 1.59. The van der Waals surface area contributed by atoms with Crippen LogP contribution in [0.2, 0.25) is 5.02 Å². The van der Waals surface area contributed by atoms with Crippen LogP contribution in [0.15, 0.2) is 51.5 Å². The lowest BCUT2D eigenvalue weighted by atomic mass is 10.2. The number of nitrogens with zero attached hydrogens (tertiary/aromatic N) is 2. The molecule has 0 aliphatic rings. The predicted molar refractivity (Wildman–Crippen MR) is 101 cm³/mol. The molecule has 0 fully saturated rings. The number of rotatable bonds is 5. The molecule has 25 heavy (non-hydrogen) atoms. The van der Waals surface area contributed by atoms with E-state index in [0.29, 0.717) is 28.8 Å². The van der Waals surface area contributed by atoms with Crippen molar-refractivity contribution in [3.63, 3.8) is 0 Å². The fourth-order valence-electron chi connectivity index (χ4n) is 2.23. The van der Waals surface area contributed by atoms with Crippen molar-refractivity contribution in [2.45, 2.75) is 19.8 Å². The molecular weight excluding hydrogens is 406 g/mol. The minimum absolute atomic E-state index is 0.131. The Labute approximate surface area is 158 Å². The topological polar surface area (TPSA) is 68.0 Å². The number of hydrogen-bond acceptors (Lipinski definition) is 4. The lowest BCUT2D eigenvalue weighted by Gasteiger charge is -2.08. The summed E-state index contributed by atoms with van der Waals surface area (Å²) in [5.74, 6) is 0.804. The van der Waals surface area contributed by atoms with E-state index in [1.54, 1.807) is 12.1 Å². The number of nitrogens with one attached hydrogen (secondary N) is 1. The monoisotopic (exact) mass is 419 g/mol. The summed E-state index contributed by atoms with van der Waals surface area (Å²) in [5.41, 5.74) is 2.52. The van der Waals surface area contributed by atoms with Crippen LogP contribution in [0.1, 0.15) is 17.9 Å². The van der Waals surface area contributed by atoms with E-state index < -0.39 is 0 Å². The highest BCUT2D eigenvalue weighted by molar-refractivity contribution is 9.10. The fraction of sp³-hybridized carbons (Fsp3) is 0.167. The minimum Gasteiger partial charge on any atom is -0.339 e. The summed E-state index contributed by atoms with van der Waals surface area (Å²) in [5, 5.41) is 7.38. The van der Waals surface area contributed by atoms with Gasteiger partial charge in [-0.05, 0) is 48.9 Å². The van der Waals surface area contributed by atoms with Gasteiger partial charge in [0, 0.05) is 33.6 Å². The molecule has 3 aromatic rings. The number of carbonyl (C=O) groups is 1. The zero-order valence-corrected chi connectivity index (χ0v) is 15.8. The van der Waals surface area contributed by atoms with Crippen LogP contribution < -0.4 is 5.32 Å². The van der Waals surface area contributed by atoms with Gasteiger partial charge >= 0.3 is 0 Å². The van der Waals surface area contributed by atoms with E-state index >= 15 is 0 Å². The highest BCUT2D eigenvalue weighted by Crippen LogP contribution is 2.21. The third-order valence-electron chi connectivity index (χ3n) is 3.61. The second kappa shape index (κ2) is 7.80. The lowest BCUT2D eigenvalue weighted by molar-refractivity contribution is -0.116. The molecule has 1 heterocycles. The van der Waals surface area contributed by atoms with Crippen molar-refractivity contribution in [2.75, 3.05) is 5.32 Å². The number of benzene rings is 2. The molecule has 0 atom stereocenters. The first-order valence-electron chi connectivity index (χ1n) is 7.66.